The lowest BCUT2D eigenvalue weighted by molar-refractivity contribution is 0.103. The van der Waals surface area contributed by atoms with Gasteiger partial charge in [0.1, 0.15) is 16.6 Å². The molecular weight excluding hydrogens is 461 g/mol. The van der Waals surface area contributed by atoms with Gasteiger partial charge < -0.3 is 15.5 Å². The fourth-order valence-corrected chi connectivity index (χ4v) is 3.94. The number of H-pyrrole nitrogens is 1. The third kappa shape index (κ3) is 3.92. The molecule has 3 N–H and O–H groups in total. The number of hydrogen-bond acceptors (Lipinski definition) is 5. The Hall–Kier alpha value is -3.81. The summed E-state index contributed by atoms with van der Waals surface area (Å²) in [5.41, 5.74) is 9.49. The Morgan fingerprint density at radius 1 is 1.09 bits per heavy atom. The molecule has 0 atom stereocenters. The summed E-state index contributed by atoms with van der Waals surface area (Å²) in [7, 11) is 0. The van der Waals surface area contributed by atoms with Crippen molar-refractivity contribution in [2.75, 3.05) is 5.73 Å². The minimum absolute atomic E-state index is 0.179. The summed E-state index contributed by atoms with van der Waals surface area (Å²) in [4.78, 5) is 20.3. The number of aryl methyl sites for hydroxylation is 1. The van der Waals surface area contributed by atoms with Gasteiger partial charge in [-0.1, -0.05) is 34.8 Å². The fourth-order valence-electron chi connectivity index (χ4n) is 3.53. The minimum atomic E-state index is -0.256. The average Bonchev–Trinajstić information content (AvgIpc) is 3.38. The van der Waals surface area contributed by atoms with Gasteiger partial charge in [-0.3, -0.25) is 4.79 Å². The number of aromatic nitrogens is 4. The van der Waals surface area contributed by atoms with Crippen LogP contribution in [-0.4, -0.2) is 25.5 Å². The SMILES string of the molecule is Cc1ccc2[nH]c(C(=O)c3cnn(-c4ccc(Oc5ncccc5Cl)cc4Cl)c3N)cc2c1. The van der Waals surface area contributed by atoms with Crippen LogP contribution in [0.2, 0.25) is 10.0 Å². The van der Waals surface area contributed by atoms with Crippen molar-refractivity contribution in [1.82, 2.24) is 19.7 Å². The van der Waals surface area contributed by atoms with Gasteiger partial charge in [0.15, 0.2) is 0 Å². The van der Waals surface area contributed by atoms with E-state index < -0.39 is 0 Å². The number of fused-ring (bicyclic) bond motifs is 1. The van der Waals surface area contributed by atoms with Crippen LogP contribution in [0.15, 0.2) is 67.0 Å². The predicted molar refractivity (Wildman–Crippen MR) is 129 cm³/mol. The van der Waals surface area contributed by atoms with Crippen molar-refractivity contribution < 1.29 is 9.53 Å². The molecule has 3 heterocycles. The first-order valence-corrected chi connectivity index (χ1v) is 10.7. The number of nitrogens with two attached hydrogens (primary N) is 1. The first-order chi connectivity index (χ1) is 15.9. The Bertz CT molecular complexity index is 1520. The van der Waals surface area contributed by atoms with Crippen LogP contribution in [-0.2, 0) is 0 Å². The molecule has 0 saturated carbocycles. The number of carbonyl (C=O) groups excluding carboxylic acids is 1. The Morgan fingerprint density at radius 3 is 2.73 bits per heavy atom. The van der Waals surface area contributed by atoms with Gasteiger partial charge in [0.25, 0.3) is 0 Å². The Morgan fingerprint density at radius 2 is 1.94 bits per heavy atom. The van der Waals surface area contributed by atoms with Gasteiger partial charge in [-0.05, 0) is 49.4 Å². The number of nitrogen functional groups attached to an aromatic ring is 1. The number of aromatic amines is 1. The van der Waals surface area contributed by atoms with Gasteiger partial charge in [-0.25, -0.2) is 9.67 Å². The summed E-state index contributed by atoms with van der Waals surface area (Å²) in [5.74, 6) is 0.634. The maximum absolute atomic E-state index is 13.1. The van der Waals surface area contributed by atoms with Crippen LogP contribution >= 0.6 is 23.2 Å². The Balaban J connectivity index is 1.44. The van der Waals surface area contributed by atoms with Gasteiger partial charge in [-0.2, -0.15) is 5.10 Å². The van der Waals surface area contributed by atoms with Crippen molar-refractivity contribution in [2.24, 2.45) is 0 Å². The number of hydrogen-bond donors (Lipinski definition) is 2. The van der Waals surface area contributed by atoms with E-state index in [9.17, 15) is 4.79 Å². The molecule has 0 saturated heterocycles. The molecule has 7 nitrogen and oxygen atoms in total. The number of ketones is 1. The second-order valence-corrected chi connectivity index (χ2v) is 8.28. The van der Waals surface area contributed by atoms with E-state index >= 15 is 0 Å². The van der Waals surface area contributed by atoms with Crippen LogP contribution in [0.25, 0.3) is 16.6 Å². The van der Waals surface area contributed by atoms with Crippen molar-refractivity contribution in [1.29, 1.82) is 0 Å². The zero-order valence-electron chi connectivity index (χ0n) is 17.3. The number of halogens is 2. The number of anilines is 1. The molecule has 0 spiro atoms. The van der Waals surface area contributed by atoms with E-state index in [2.05, 4.69) is 15.1 Å². The van der Waals surface area contributed by atoms with Crippen LogP contribution in [0.4, 0.5) is 5.82 Å². The molecule has 3 aromatic heterocycles. The molecule has 9 heteroatoms. The average molecular weight is 478 g/mol. The van der Waals surface area contributed by atoms with Crippen LogP contribution in [0.5, 0.6) is 11.6 Å². The highest BCUT2D eigenvalue weighted by Crippen LogP contribution is 2.32. The molecule has 0 amide bonds. The quantitative estimate of drug-likeness (QED) is 0.303. The molecule has 0 aliphatic rings. The van der Waals surface area contributed by atoms with Crippen LogP contribution in [0.1, 0.15) is 21.6 Å². The molecule has 5 aromatic rings. The van der Waals surface area contributed by atoms with Gasteiger partial charge in [0.2, 0.25) is 11.7 Å². The Labute approximate surface area is 198 Å². The smallest absolute Gasteiger partial charge is 0.238 e. The van der Waals surface area contributed by atoms with Gasteiger partial charge in [0.05, 0.1) is 28.2 Å². The number of carbonyl (C=O) groups is 1. The van der Waals surface area contributed by atoms with Crippen LogP contribution in [0, 0.1) is 6.92 Å². The zero-order chi connectivity index (χ0) is 23.1. The van der Waals surface area contributed by atoms with E-state index in [4.69, 9.17) is 33.7 Å². The molecule has 0 aliphatic heterocycles. The highest BCUT2D eigenvalue weighted by molar-refractivity contribution is 6.32. The van der Waals surface area contributed by atoms with Gasteiger partial charge >= 0.3 is 0 Å². The second kappa shape index (κ2) is 8.27. The van der Waals surface area contributed by atoms with E-state index in [1.54, 1.807) is 36.5 Å². The van der Waals surface area contributed by atoms with E-state index in [0.29, 0.717) is 27.2 Å². The fraction of sp³-hybridized carbons (Fsp3) is 0.0417. The lowest BCUT2D eigenvalue weighted by atomic mass is 10.1. The van der Waals surface area contributed by atoms with Gasteiger partial charge in [-0.15, -0.1) is 0 Å². The summed E-state index contributed by atoms with van der Waals surface area (Å²) in [5, 5.41) is 5.95. The lowest BCUT2D eigenvalue weighted by Crippen LogP contribution is -2.08. The third-order valence-electron chi connectivity index (χ3n) is 5.16. The molecule has 33 heavy (non-hydrogen) atoms. The highest BCUT2D eigenvalue weighted by Gasteiger charge is 2.21. The van der Waals surface area contributed by atoms with Crippen molar-refractivity contribution in [3.05, 3.63) is 93.9 Å². The van der Waals surface area contributed by atoms with Gasteiger partial charge in [0, 0.05) is 23.2 Å². The zero-order valence-corrected chi connectivity index (χ0v) is 18.9. The monoisotopic (exact) mass is 477 g/mol. The number of ether oxygens (including phenoxy) is 1. The molecule has 0 unspecified atom stereocenters. The molecular formula is C24H17Cl2N5O2. The first-order valence-electron chi connectivity index (χ1n) is 9.96. The molecule has 5 rings (SSSR count). The summed E-state index contributed by atoms with van der Waals surface area (Å²) in [6, 6.07) is 16.1. The standard InChI is InChI=1S/C24H17Cl2N5O2/c1-13-4-6-19-14(9-13)10-20(30-19)22(32)16-12-29-31(23(16)27)21-7-5-15(11-18(21)26)33-24-17(25)3-2-8-28-24/h2-12,30H,27H2,1H3. The summed E-state index contributed by atoms with van der Waals surface area (Å²) >= 11 is 12.6. The normalized spacial score (nSPS) is 11.1. The van der Waals surface area contributed by atoms with Crippen molar-refractivity contribution in [3.63, 3.8) is 0 Å². The maximum Gasteiger partial charge on any atom is 0.238 e. The molecule has 2 aromatic carbocycles. The first kappa shape index (κ1) is 21.1. The van der Waals surface area contributed by atoms with E-state index in [1.807, 2.05) is 31.2 Å². The number of nitrogens with one attached hydrogen (secondary N) is 1. The number of pyridine rings is 1. The van der Waals surface area contributed by atoms with E-state index in [0.717, 1.165) is 16.5 Å². The topological polar surface area (TPSA) is 98.8 Å². The third-order valence-corrected chi connectivity index (χ3v) is 5.75. The largest absolute Gasteiger partial charge is 0.437 e. The van der Waals surface area contributed by atoms with Crippen LogP contribution in [0.3, 0.4) is 0 Å². The van der Waals surface area contributed by atoms with Crippen molar-refractivity contribution in [2.45, 2.75) is 6.92 Å². The molecule has 164 valence electrons. The van der Waals surface area contributed by atoms with Crippen molar-refractivity contribution >= 4 is 45.7 Å². The maximum atomic E-state index is 13.1. The number of benzene rings is 2. The summed E-state index contributed by atoms with van der Waals surface area (Å²) in [6.45, 7) is 2.00. The highest BCUT2D eigenvalue weighted by atomic mass is 35.5. The summed E-state index contributed by atoms with van der Waals surface area (Å²) < 4.78 is 7.12. The molecule has 0 bridgehead atoms. The predicted octanol–water partition coefficient (Wildman–Crippen LogP) is 5.97. The van der Waals surface area contributed by atoms with Crippen molar-refractivity contribution in [3.8, 4) is 17.3 Å². The number of rotatable bonds is 5. The summed E-state index contributed by atoms with van der Waals surface area (Å²) in [6.07, 6.45) is 3.01. The Kier molecular flexibility index (Phi) is 5.28. The lowest BCUT2D eigenvalue weighted by Gasteiger charge is -2.10. The number of nitrogens with zero attached hydrogens (tertiary/aromatic N) is 3. The van der Waals surface area contributed by atoms with E-state index in [1.165, 1.54) is 10.9 Å². The molecule has 0 radical (unpaired) electrons. The van der Waals surface area contributed by atoms with Crippen LogP contribution < -0.4 is 10.5 Å². The second-order valence-electron chi connectivity index (χ2n) is 7.46. The molecule has 0 aliphatic carbocycles. The van der Waals surface area contributed by atoms with E-state index in [-0.39, 0.29) is 23.0 Å². The minimum Gasteiger partial charge on any atom is -0.437 e. The molecule has 0 fully saturated rings.